The van der Waals surface area contributed by atoms with Crippen molar-refractivity contribution in [2.24, 2.45) is 0 Å². The second-order valence-corrected chi connectivity index (χ2v) is 5.30. The molecule has 0 spiro atoms. The summed E-state index contributed by atoms with van der Waals surface area (Å²) in [5.74, 6) is 1.59. The molecule has 0 amide bonds. The first-order chi connectivity index (χ1) is 10.6. The van der Waals surface area contributed by atoms with E-state index in [0.717, 1.165) is 23.3 Å². The van der Waals surface area contributed by atoms with Crippen LogP contribution < -0.4 is 9.47 Å². The van der Waals surface area contributed by atoms with Crippen LogP contribution in [0.3, 0.4) is 0 Å². The van der Waals surface area contributed by atoms with Gasteiger partial charge in [0.1, 0.15) is 11.5 Å². The molecule has 112 valence electrons. The van der Waals surface area contributed by atoms with Crippen LogP contribution in [0, 0.1) is 6.92 Å². The van der Waals surface area contributed by atoms with E-state index in [1.807, 2.05) is 19.1 Å². The summed E-state index contributed by atoms with van der Waals surface area (Å²) in [5.41, 5.74) is 3.66. The Morgan fingerprint density at radius 3 is 2.50 bits per heavy atom. The maximum Gasteiger partial charge on any atom is 0.231 e. The standard InChI is InChI=1S/C19H18O3/c1-4-13-5-7-14(8-6-13)11-17-18(20)15-9-10-16(21-3)12(2)19(15)22-17/h5-11H,4H2,1-3H3/b17-11-. The largest absolute Gasteiger partial charge is 0.496 e. The molecule has 0 aromatic heterocycles. The zero-order valence-corrected chi connectivity index (χ0v) is 13.0. The van der Waals surface area contributed by atoms with Crippen LogP contribution in [0.5, 0.6) is 11.5 Å². The van der Waals surface area contributed by atoms with Crippen LogP contribution in [0.4, 0.5) is 0 Å². The molecule has 0 N–H and O–H groups in total. The Hall–Kier alpha value is -2.55. The third kappa shape index (κ3) is 2.39. The summed E-state index contributed by atoms with van der Waals surface area (Å²) in [6, 6.07) is 11.7. The normalized spacial score (nSPS) is 14.9. The van der Waals surface area contributed by atoms with Gasteiger partial charge in [-0.15, -0.1) is 0 Å². The lowest BCUT2D eigenvalue weighted by atomic mass is 10.1. The van der Waals surface area contributed by atoms with E-state index in [1.165, 1.54) is 5.56 Å². The molecule has 0 fully saturated rings. The van der Waals surface area contributed by atoms with E-state index < -0.39 is 0 Å². The summed E-state index contributed by atoms with van der Waals surface area (Å²) in [6.07, 6.45) is 2.78. The molecule has 1 heterocycles. The van der Waals surface area contributed by atoms with Gasteiger partial charge in [-0.25, -0.2) is 0 Å². The Morgan fingerprint density at radius 1 is 1.14 bits per heavy atom. The van der Waals surface area contributed by atoms with Crippen molar-refractivity contribution in [2.45, 2.75) is 20.3 Å². The van der Waals surface area contributed by atoms with Gasteiger partial charge in [0, 0.05) is 5.56 Å². The Bertz CT molecular complexity index is 755. The van der Waals surface area contributed by atoms with Crippen molar-refractivity contribution < 1.29 is 14.3 Å². The highest BCUT2D eigenvalue weighted by atomic mass is 16.5. The summed E-state index contributed by atoms with van der Waals surface area (Å²) in [6.45, 7) is 4.01. The van der Waals surface area contributed by atoms with Gasteiger partial charge in [0.25, 0.3) is 0 Å². The van der Waals surface area contributed by atoms with E-state index in [-0.39, 0.29) is 5.78 Å². The van der Waals surface area contributed by atoms with Crippen LogP contribution in [-0.4, -0.2) is 12.9 Å². The number of carbonyl (C=O) groups is 1. The monoisotopic (exact) mass is 294 g/mol. The average Bonchev–Trinajstić information content (AvgIpc) is 2.86. The van der Waals surface area contributed by atoms with E-state index in [4.69, 9.17) is 9.47 Å². The fraction of sp³-hybridized carbons (Fsp3) is 0.211. The third-order valence-corrected chi connectivity index (χ3v) is 3.94. The van der Waals surface area contributed by atoms with Gasteiger partial charge in [-0.1, -0.05) is 31.2 Å². The zero-order chi connectivity index (χ0) is 15.7. The van der Waals surface area contributed by atoms with E-state index in [9.17, 15) is 4.79 Å². The van der Waals surface area contributed by atoms with Crippen molar-refractivity contribution >= 4 is 11.9 Å². The molecule has 0 aliphatic carbocycles. The van der Waals surface area contributed by atoms with Crippen LogP contribution >= 0.6 is 0 Å². The minimum absolute atomic E-state index is 0.0830. The molecule has 0 unspecified atom stereocenters. The number of fused-ring (bicyclic) bond motifs is 1. The Labute approximate surface area is 130 Å². The third-order valence-electron chi connectivity index (χ3n) is 3.94. The lowest BCUT2D eigenvalue weighted by Crippen LogP contribution is -1.98. The number of methoxy groups -OCH3 is 1. The van der Waals surface area contributed by atoms with Crippen LogP contribution in [-0.2, 0) is 6.42 Å². The molecular formula is C19H18O3. The second-order valence-electron chi connectivity index (χ2n) is 5.30. The zero-order valence-electron chi connectivity index (χ0n) is 13.0. The summed E-state index contributed by atoms with van der Waals surface area (Å²) in [7, 11) is 1.61. The number of hydrogen-bond acceptors (Lipinski definition) is 3. The quantitative estimate of drug-likeness (QED) is 0.797. The van der Waals surface area contributed by atoms with Gasteiger partial charge in [-0.05, 0) is 42.7 Å². The minimum Gasteiger partial charge on any atom is -0.496 e. The van der Waals surface area contributed by atoms with Crippen molar-refractivity contribution in [3.05, 3.63) is 64.4 Å². The van der Waals surface area contributed by atoms with Gasteiger partial charge in [-0.3, -0.25) is 4.79 Å². The highest BCUT2D eigenvalue weighted by Crippen LogP contribution is 2.39. The number of rotatable bonds is 3. The molecule has 1 aliphatic rings. The van der Waals surface area contributed by atoms with Crippen LogP contribution in [0.15, 0.2) is 42.2 Å². The molecule has 0 radical (unpaired) electrons. The van der Waals surface area contributed by atoms with Crippen LogP contribution in [0.2, 0.25) is 0 Å². The smallest absolute Gasteiger partial charge is 0.231 e. The first kappa shape index (κ1) is 14.4. The molecule has 22 heavy (non-hydrogen) atoms. The molecule has 0 bridgehead atoms. The van der Waals surface area contributed by atoms with Crippen molar-refractivity contribution in [3.63, 3.8) is 0 Å². The number of Topliss-reactive ketones (excluding diaryl/α,β-unsaturated/α-hetero) is 1. The molecule has 1 aliphatic heterocycles. The highest BCUT2D eigenvalue weighted by Gasteiger charge is 2.29. The first-order valence-corrected chi connectivity index (χ1v) is 7.34. The number of aryl methyl sites for hydroxylation is 1. The van der Waals surface area contributed by atoms with Gasteiger partial charge in [0.2, 0.25) is 5.78 Å². The molecule has 0 saturated heterocycles. The number of hydrogen-bond donors (Lipinski definition) is 0. The van der Waals surface area contributed by atoms with Gasteiger partial charge in [-0.2, -0.15) is 0 Å². The summed E-state index contributed by atoms with van der Waals surface area (Å²) in [4.78, 5) is 12.4. The lowest BCUT2D eigenvalue weighted by molar-refractivity contribution is 0.101. The first-order valence-electron chi connectivity index (χ1n) is 7.34. The number of benzene rings is 2. The van der Waals surface area contributed by atoms with E-state index in [0.29, 0.717) is 17.1 Å². The lowest BCUT2D eigenvalue weighted by Gasteiger charge is -2.07. The van der Waals surface area contributed by atoms with Crippen LogP contribution in [0.1, 0.15) is 34.0 Å². The van der Waals surface area contributed by atoms with Gasteiger partial charge in [0.05, 0.1) is 12.7 Å². The molecule has 3 heteroatoms. The summed E-state index contributed by atoms with van der Waals surface area (Å²) < 4.78 is 11.1. The van der Waals surface area contributed by atoms with E-state index in [2.05, 4.69) is 19.1 Å². The number of carbonyl (C=O) groups excluding carboxylic acids is 1. The molecule has 2 aromatic rings. The predicted octanol–water partition coefficient (Wildman–Crippen LogP) is 4.18. The highest BCUT2D eigenvalue weighted by molar-refractivity contribution is 6.14. The molecule has 3 rings (SSSR count). The van der Waals surface area contributed by atoms with Crippen LogP contribution in [0.25, 0.3) is 6.08 Å². The maximum absolute atomic E-state index is 12.4. The van der Waals surface area contributed by atoms with Crippen molar-refractivity contribution in [1.82, 2.24) is 0 Å². The topological polar surface area (TPSA) is 35.5 Å². The second kappa shape index (κ2) is 5.68. The van der Waals surface area contributed by atoms with Gasteiger partial charge < -0.3 is 9.47 Å². The van der Waals surface area contributed by atoms with E-state index >= 15 is 0 Å². The fourth-order valence-electron chi connectivity index (χ4n) is 2.59. The number of ketones is 1. The van der Waals surface area contributed by atoms with Crippen molar-refractivity contribution in [1.29, 1.82) is 0 Å². The van der Waals surface area contributed by atoms with Gasteiger partial charge in [0.15, 0.2) is 5.76 Å². The number of ether oxygens (including phenoxy) is 2. The summed E-state index contributed by atoms with van der Waals surface area (Å²) in [5, 5.41) is 0. The minimum atomic E-state index is -0.0830. The maximum atomic E-state index is 12.4. The number of allylic oxidation sites excluding steroid dienone is 1. The Balaban J connectivity index is 1.96. The van der Waals surface area contributed by atoms with Crippen molar-refractivity contribution in [3.8, 4) is 11.5 Å². The van der Waals surface area contributed by atoms with Crippen molar-refractivity contribution in [2.75, 3.05) is 7.11 Å². The molecule has 0 atom stereocenters. The Kier molecular flexibility index (Phi) is 3.72. The predicted molar refractivity (Wildman–Crippen MR) is 86.5 cm³/mol. The molecule has 0 saturated carbocycles. The summed E-state index contributed by atoms with van der Waals surface area (Å²) >= 11 is 0. The van der Waals surface area contributed by atoms with E-state index in [1.54, 1.807) is 25.3 Å². The fourth-order valence-corrected chi connectivity index (χ4v) is 2.59. The molecule has 3 nitrogen and oxygen atoms in total. The Morgan fingerprint density at radius 2 is 1.86 bits per heavy atom. The average molecular weight is 294 g/mol. The van der Waals surface area contributed by atoms with Gasteiger partial charge >= 0.3 is 0 Å². The molecular weight excluding hydrogens is 276 g/mol. The molecule has 2 aromatic carbocycles. The SMILES string of the molecule is CCc1ccc(/C=C2\Oc3c(ccc(OC)c3C)C2=O)cc1.